The molecule has 170 valence electrons. The van der Waals surface area contributed by atoms with E-state index in [1.807, 2.05) is 58.6 Å². The maximum atomic E-state index is 9.04. The summed E-state index contributed by atoms with van der Waals surface area (Å²) in [6, 6.07) is 25.4. The van der Waals surface area contributed by atoms with Crippen LogP contribution in [0, 0.1) is 11.3 Å². The molecule has 0 saturated heterocycles. The fourth-order valence-electron chi connectivity index (χ4n) is 3.41. The third-order valence-electron chi connectivity index (χ3n) is 5.22. The molecule has 0 N–H and O–H groups in total. The van der Waals surface area contributed by atoms with E-state index in [2.05, 4.69) is 18.2 Å². The summed E-state index contributed by atoms with van der Waals surface area (Å²) in [6.07, 6.45) is 2.61. The first kappa shape index (κ1) is 23.0. The lowest BCUT2D eigenvalue weighted by Crippen LogP contribution is -2.13. The number of methoxy groups -OCH3 is 2. The summed E-state index contributed by atoms with van der Waals surface area (Å²) in [5.41, 5.74) is 4.50. The molecule has 6 nitrogen and oxygen atoms in total. The molecular weight excluding hydrogens is 444 g/mol. The number of thiazole rings is 1. The standard InChI is InChI=1S/C27H24N4O2S/c1-32-23-12-13-24(26(16-23)33-2)25-19-34-27(29-15-14-20-6-4-3-5-7-20)31(25)30-18-22-10-8-21(17-28)9-11-22/h3-13,16,18-19H,14-15H2,1-2H3. The van der Waals surface area contributed by atoms with Gasteiger partial charge >= 0.3 is 0 Å². The van der Waals surface area contributed by atoms with Gasteiger partial charge in [0.05, 0.1) is 37.8 Å². The van der Waals surface area contributed by atoms with Crippen LogP contribution in [-0.2, 0) is 6.42 Å². The molecule has 4 aromatic rings. The molecule has 3 aromatic carbocycles. The van der Waals surface area contributed by atoms with Gasteiger partial charge in [0.1, 0.15) is 11.5 Å². The van der Waals surface area contributed by atoms with Crippen LogP contribution in [-0.4, -0.2) is 31.7 Å². The average Bonchev–Trinajstić information content (AvgIpc) is 3.30. The second-order valence-electron chi connectivity index (χ2n) is 7.38. The first-order chi connectivity index (χ1) is 16.7. The molecule has 0 fully saturated rings. The Labute approximate surface area is 202 Å². The van der Waals surface area contributed by atoms with Crippen molar-refractivity contribution in [3.8, 4) is 28.8 Å². The van der Waals surface area contributed by atoms with Crippen molar-refractivity contribution in [1.82, 2.24) is 4.68 Å². The Bertz CT molecular complexity index is 1380. The van der Waals surface area contributed by atoms with Crippen molar-refractivity contribution in [2.45, 2.75) is 6.42 Å². The fourth-order valence-corrected chi connectivity index (χ4v) is 4.26. The predicted octanol–water partition coefficient (Wildman–Crippen LogP) is 5.13. The molecule has 0 bridgehead atoms. The lowest BCUT2D eigenvalue weighted by atomic mass is 10.1. The number of nitriles is 1. The van der Waals surface area contributed by atoms with Crippen molar-refractivity contribution in [2.75, 3.05) is 20.8 Å². The Hall–Kier alpha value is -4.15. The van der Waals surface area contributed by atoms with Crippen molar-refractivity contribution < 1.29 is 9.47 Å². The molecule has 0 saturated carbocycles. The Morgan fingerprint density at radius 1 is 1.00 bits per heavy atom. The summed E-state index contributed by atoms with van der Waals surface area (Å²) in [6.45, 7) is 0.649. The van der Waals surface area contributed by atoms with E-state index in [-0.39, 0.29) is 0 Å². The number of ether oxygens (including phenoxy) is 2. The van der Waals surface area contributed by atoms with Gasteiger partial charge in [-0.3, -0.25) is 4.99 Å². The van der Waals surface area contributed by atoms with Gasteiger partial charge in [-0.1, -0.05) is 42.5 Å². The summed E-state index contributed by atoms with van der Waals surface area (Å²) in [7, 11) is 3.27. The first-order valence-electron chi connectivity index (χ1n) is 10.7. The molecule has 1 heterocycles. The molecule has 4 rings (SSSR count). The lowest BCUT2D eigenvalue weighted by Gasteiger charge is -2.11. The van der Waals surface area contributed by atoms with Crippen LogP contribution in [0.2, 0.25) is 0 Å². The van der Waals surface area contributed by atoms with Gasteiger partial charge in [-0.25, -0.2) is 4.68 Å². The fraction of sp³-hybridized carbons (Fsp3) is 0.148. The monoisotopic (exact) mass is 468 g/mol. The van der Waals surface area contributed by atoms with Crippen LogP contribution >= 0.6 is 11.3 Å². The highest BCUT2D eigenvalue weighted by atomic mass is 32.1. The summed E-state index contributed by atoms with van der Waals surface area (Å²) < 4.78 is 12.8. The van der Waals surface area contributed by atoms with Crippen LogP contribution in [0.25, 0.3) is 11.3 Å². The highest BCUT2D eigenvalue weighted by molar-refractivity contribution is 7.07. The molecule has 0 unspecified atom stereocenters. The van der Waals surface area contributed by atoms with E-state index in [0.29, 0.717) is 17.9 Å². The zero-order valence-electron chi connectivity index (χ0n) is 19.0. The number of nitrogens with zero attached hydrogens (tertiary/aromatic N) is 4. The number of hydrogen-bond donors (Lipinski definition) is 0. The molecular formula is C27H24N4O2S. The summed E-state index contributed by atoms with van der Waals surface area (Å²) in [5.74, 6) is 1.41. The predicted molar refractivity (Wildman–Crippen MR) is 136 cm³/mol. The maximum Gasteiger partial charge on any atom is 0.206 e. The van der Waals surface area contributed by atoms with Gasteiger partial charge < -0.3 is 9.47 Å². The van der Waals surface area contributed by atoms with E-state index in [1.165, 1.54) is 16.9 Å². The van der Waals surface area contributed by atoms with Crippen molar-refractivity contribution >= 4 is 17.6 Å². The second kappa shape index (κ2) is 11.1. The Morgan fingerprint density at radius 3 is 2.50 bits per heavy atom. The zero-order valence-corrected chi connectivity index (χ0v) is 19.8. The van der Waals surface area contributed by atoms with E-state index >= 15 is 0 Å². The highest BCUT2D eigenvalue weighted by Gasteiger charge is 2.13. The Balaban J connectivity index is 1.73. The van der Waals surface area contributed by atoms with Crippen LogP contribution in [0.1, 0.15) is 16.7 Å². The largest absolute Gasteiger partial charge is 0.497 e. The average molecular weight is 469 g/mol. The van der Waals surface area contributed by atoms with Gasteiger partial charge in [-0.05, 0) is 41.8 Å². The molecule has 0 radical (unpaired) electrons. The van der Waals surface area contributed by atoms with Gasteiger partial charge in [0.25, 0.3) is 0 Å². The van der Waals surface area contributed by atoms with E-state index in [9.17, 15) is 0 Å². The molecule has 0 spiro atoms. The van der Waals surface area contributed by atoms with Crippen molar-refractivity contribution in [3.05, 3.63) is 99.7 Å². The molecule has 7 heteroatoms. The minimum atomic E-state index is 0.612. The Morgan fingerprint density at radius 2 is 1.79 bits per heavy atom. The number of rotatable bonds is 8. The number of aromatic nitrogens is 1. The van der Waals surface area contributed by atoms with Gasteiger partial charge in [-0.15, -0.1) is 11.3 Å². The summed E-state index contributed by atoms with van der Waals surface area (Å²) >= 11 is 1.53. The van der Waals surface area contributed by atoms with Crippen LogP contribution in [0.5, 0.6) is 11.5 Å². The normalized spacial score (nSPS) is 11.5. The van der Waals surface area contributed by atoms with E-state index in [1.54, 1.807) is 32.6 Å². The molecule has 34 heavy (non-hydrogen) atoms. The summed E-state index contributed by atoms with van der Waals surface area (Å²) in [4.78, 5) is 5.62. The van der Waals surface area contributed by atoms with Gasteiger partial charge in [-0.2, -0.15) is 10.4 Å². The van der Waals surface area contributed by atoms with E-state index in [0.717, 1.165) is 33.8 Å². The van der Waals surface area contributed by atoms with Crippen molar-refractivity contribution in [2.24, 2.45) is 10.1 Å². The SMILES string of the molecule is COc1ccc(-c2csc(=NCCc3ccccc3)n2N=Cc2ccc(C#N)cc2)c(OC)c1. The molecule has 0 amide bonds. The maximum absolute atomic E-state index is 9.04. The van der Waals surface area contributed by atoms with E-state index < -0.39 is 0 Å². The third-order valence-corrected chi connectivity index (χ3v) is 6.08. The smallest absolute Gasteiger partial charge is 0.206 e. The highest BCUT2D eigenvalue weighted by Crippen LogP contribution is 2.33. The minimum absolute atomic E-state index is 0.612. The number of hydrogen-bond acceptors (Lipinski definition) is 6. The van der Waals surface area contributed by atoms with Crippen molar-refractivity contribution in [1.29, 1.82) is 5.26 Å². The van der Waals surface area contributed by atoms with Gasteiger partial charge in [0, 0.05) is 23.6 Å². The number of benzene rings is 3. The van der Waals surface area contributed by atoms with Crippen LogP contribution in [0.4, 0.5) is 0 Å². The molecule has 1 aromatic heterocycles. The minimum Gasteiger partial charge on any atom is -0.497 e. The summed E-state index contributed by atoms with van der Waals surface area (Å²) in [5, 5.41) is 15.8. The topological polar surface area (TPSA) is 71.9 Å². The van der Waals surface area contributed by atoms with E-state index in [4.69, 9.17) is 24.8 Å². The molecule has 0 aliphatic rings. The van der Waals surface area contributed by atoms with Crippen LogP contribution in [0.3, 0.4) is 0 Å². The quantitative estimate of drug-likeness (QED) is 0.337. The third kappa shape index (κ3) is 5.42. The molecule has 0 atom stereocenters. The van der Waals surface area contributed by atoms with Crippen LogP contribution < -0.4 is 14.3 Å². The Kier molecular flexibility index (Phi) is 7.53. The molecule has 0 aliphatic heterocycles. The lowest BCUT2D eigenvalue weighted by molar-refractivity contribution is 0.395. The second-order valence-corrected chi connectivity index (χ2v) is 8.21. The molecule has 0 aliphatic carbocycles. The first-order valence-corrected chi connectivity index (χ1v) is 11.6. The zero-order chi connectivity index (χ0) is 23.8. The van der Waals surface area contributed by atoms with Gasteiger partial charge in [0.15, 0.2) is 0 Å². The van der Waals surface area contributed by atoms with Crippen LogP contribution in [0.15, 0.2) is 88.3 Å². The van der Waals surface area contributed by atoms with Gasteiger partial charge in [0.2, 0.25) is 4.80 Å². The van der Waals surface area contributed by atoms with Crippen molar-refractivity contribution in [3.63, 3.8) is 0 Å².